The summed E-state index contributed by atoms with van der Waals surface area (Å²) in [6.45, 7) is 6.03. The highest BCUT2D eigenvalue weighted by molar-refractivity contribution is 7.14. The molecule has 150 valence electrons. The van der Waals surface area contributed by atoms with Crippen molar-refractivity contribution in [3.8, 4) is 17.0 Å². The number of likely N-dealkylation sites (tertiary alicyclic amines) is 1. The number of rotatable bonds is 7. The summed E-state index contributed by atoms with van der Waals surface area (Å²) >= 11 is 1.66. The molecule has 1 N–H and O–H groups in total. The molecule has 28 heavy (non-hydrogen) atoms. The first-order valence-electron chi connectivity index (χ1n) is 10.1. The maximum absolute atomic E-state index is 12.6. The Labute approximate surface area is 170 Å². The van der Waals surface area contributed by atoms with Crippen molar-refractivity contribution in [2.45, 2.75) is 25.7 Å². The number of methoxy groups -OCH3 is 1. The number of amides is 1. The maximum Gasteiger partial charge on any atom is 0.251 e. The van der Waals surface area contributed by atoms with Crippen LogP contribution in [0, 0.1) is 0 Å². The summed E-state index contributed by atoms with van der Waals surface area (Å²) < 4.78 is 5.53. The van der Waals surface area contributed by atoms with Gasteiger partial charge in [-0.25, -0.2) is 4.98 Å². The van der Waals surface area contributed by atoms with Crippen molar-refractivity contribution >= 4 is 22.4 Å². The van der Waals surface area contributed by atoms with Gasteiger partial charge in [0.15, 0.2) is 5.13 Å². The molecule has 1 aromatic carbocycles. The van der Waals surface area contributed by atoms with Gasteiger partial charge in [-0.2, -0.15) is 0 Å². The Balaban J connectivity index is 1.46. The smallest absolute Gasteiger partial charge is 0.251 e. The molecule has 0 radical (unpaired) electrons. The fourth-order valence-corrected chi connectivity index (χ4v) is 4.81. The molecule has 0 bridgehead atoms. The van der Waals surface area contributed by atoms with Gasteiger partial charge in [-0.3, -0.25) is 4.79 Å². The monoisotopic (exact) mass is 400 g/mol. The fraction of sp³-hybridized carbons (Fsp3) is 0.524. The molecule has 2 aliphatic heterocycles. The van der Waals surface area contributed by atoms with E-state index in [9.17, 15) is 4.79 Å². The number of carbonyl (C=O) groups excluding carboxylic acids is 1. The molecule has 7 heteroatoms. The first kappa shape index (κ1) is 19.2. The van der Waals surface area contributed by atoms with Gasteiger partial charge in [0.05, 0.1) is 12.8 Å². The van der Waals surface area contributed by atoms with Crippen molar-refractivity contribution in [3.05, 3.63) is 29.1 Å². The average molecular weight is 401 g/mol. The number of anilines is 1. The number of carbonyl (C=O) groups is 1. The molecule has 0 saturated carbocycles. The molecule has 0 aliphatic carbocycles. The lowest BCUT2D eigenvalue weighted by Crippen LogP contribution is -2.33. The average Bonchev–Trinajstić information content (AvgIpc) is 3.49. The van der Waals surface area contributed by atoms with Gasteiger partial charge in [-0.15, -0.1) is 11.3 Å². The van der Waals surface area contributed by atoms with Gasteiger partial charge in [-0.05, 0) is 57.0 Å². The van der Waals surface area contributed by atoms with Gasteiger partial charge < -0.3 is 19.9 Å². The summed E-state index contributed by atoms with van der Waals surface area (Å²) in [5, 5.41) is 6.15. The summed E-state index contributed by atoms with van der Waals surface area (Å²) in [5.74, 6) is 0.699. The molecule has 0 spiro atoms. The number of benzene rings is 1. The van der Waals surface area contributed by atoms with Gasteiger partial charge in [0.2, 0.25) is 0 Å². The van der Waals surface area contributed by atoms with Crippen molar-refractivity contribution in [3.63, 3.8) is 0 Å². The molecule has 6 nitrogen and oxygen atoms in total. The van der Waals surface area contributed by atoms with Crippen molar-refractivity contribution in [2.24, 2.45) is 0 Å². The largest absolute Gasteiger partial charge is 0.496 e. The summed E-state index contributed by atoms with van der Waals surface area (Å²) in [4.78, 5) is 22.2. The zero-order chi connectivity index (χ0) is 19.3. The van der Waals surface area contributed by atoms with Crippen LogP contribution in [-0.2, 0) is 0 Å². The van der Waals surface area contributed by atoms with E-state index in [2.05, 4.69) is 20.5 Å². The quantitative estimate of drug-likeness (QED) is 0.773. The Hall–Kier alpha value is -2.12. The molecule has 2 aromatic rings. The summed E-state index contributed by atoms with van der Waals surface area (Å²) in [5.41, 5.74) is 2.39. The topological polar surface area (TPSA) is 57.7 Å². The van der Waals surface area contributed by atoms with E-state index in [0.717, 1.165) is 54.9 Å². The molecular formula is C21H28N4O2S. The third-order valence-corrected chi connectivity index (χ3v) is 6.42. The standard InChI is InChI=1S/C21H28N4O2S/c1-27-19-7-6-16(20(26)22-8-13-24-9-2-3-10-24)14-17(19)18-15-28-21(23-18)25-11-4-5-12-25/h6-7,14-15H,2-5,8-13H2,1H3,(H,22,26). The first-order valence-corrected chi connectivity index (χ1v) is 11.0. The third kappa shape index (κ3) is 4.31. The molecule has 2 fully saturated rings. The first-order chi connectivity index (χ1) is 13.7. The van der Waals surface area contributed by atoms with Crippen LogP contribution in [0.1, 0.15) is 36.0 Å². The van der Waals surface area contributed by atoms with Crippen LogP contribution in [-0.4, -0.2) is 62.2 Å². The molecule has 1 aromatic heterocycles. The summed E-state index contributed by atoms with van der Waals surface area (Å²) in [6, 6.07) is 5.58. The lowest BCUT2D eigenvalue weighted by molar-refractivity contribution is 0.0950. The Kier molecular flexibility index (Phi) is 6.12. The number of hydrogen-bond acceptors (Lipinski definition) is 6. The van der Waals surface area contributed by atoms with Crippen LogP contribution in [0.2, 0.25) is 0 Å². The Morgan fingerprint density at radius 3 is 2.68 bits per heavy atom. The third-order valence-electron chi connectivity index (χ3n) is 5.52. The normalized spacial score (nSPS) is 17.2. The minimum Gasteiger partial charge on any atom is -0.496 e. The van der Waals surface area contributed by atoms with Crippen LogP contribution in [0.4, 0.5) is 5.13 Å². The second-order valence-corrected chi connectivity index (χ2v) is 8.27. The van der Waals surface area contributed by atoms with Crippen LogP contribution in [0.3, 0.4) is 0 Å². The second-order valence-electron chi connectivity index (χ2n) is 7.43. The van der Waals surface area contributed by atoms with Crippen LogP contribution in [0.25, 0.3) is 11.3 Å². The number of nitrogens with one attached hydrogen (secondary N) is 1. The van der Waals surface area contributed by atoms with Gasteiger partial charge >= 0.3 is 0 Å². The Bertz CT molecular complexity index is 810. The Morgan fingerprint density at radius 2 is 1.93 bits per heavy atom. The number of ether oxygens (including phenoxy) is 1. The molecular weight excluding hydrogens is 372 g/mol. The van der Waals surface area contributed by atoms with Gasteiger partial charge in [0.1, 0.15) is 5.75 Å². The zero-order valence-corrected chi connectivity index (χ0v) is 17.3. The van der Waals surface area contributed by atoms with Crippen molar-refractivity contribution < 1.29 is 9.53 Å². The van der Waals surface area contributed by atoms with E-state index in [1.165, 1.54) is 25.7 Å². The molecule has 2 aliphatic rings. The summed E-state index contributed by atoms with van der Waals surface area (Å²) in [7, 11) is 1.66. The minimum absolute atomic E-state index is 0.0434. The lowest BCUT2D eigenvalue weighted by Gasteiger charge is -2.15. The molecule has 0 unspecified atom stereocenters. The molecule has 4 rings (SSSR count). The predicted molar refractivity (Wildman–Crippen MR) is 114 cm³/mol. The SMILES string of the molecule is COc1ccc(C(=O)NCCN2CCCC2)cc1-c1csc(N2CCCC2)n1. The van der Waals surface area contributed by atoms with Gasteiger partial charge in [0, 0.05) is 42.7 Å². The van der Waals surface area contributed by atoms with E-state index in [1.54, 1.807) is 18.4 Å². The van der Waals surface area contributed by atoms with Gasteiger partial charge in [-0.1, -0.05) is 0 Å². The maximum atomic E-state index is 12.6. The minimum atomic E-state index is -0.0434. The fourth-order valence-electron chi connectivity index (χ4n) is 3.93. The van der Waals surface area contributed by atoms with E-state index in [0.29, 0.717) is 12.1 Å². The number of thiazole rings is 1. The molecule has 3 heterocycles. The van der Waals surface area contributed by atoms with Crippen molar-refractivity contribution in [1.29, 1.82) is 0 Å². The van der Waals surface area contributed by atoms with E-state index >= 15 is 0 Å². The van der Waals surface area contributed by atoms with Crippen molar-refractivity contribution in [1.82, 2.24) is 15.2 Å². The van der Waals surface area contributed by atoms with Gasteiger partial charge in [0.25, 0.3) is 5.91 Å². The number of hydrogen-bond donors (Lipinski definition) is 1. The van der Waals surface area contributed by atoms with Crippen LogP contribution >= 0.6 is 11.3 Å². The molecule has 1 amide bonds. The van der Waals surface area contributed by atoms with E-state index in [-0.39, 0.29) is 5.91 Å². The zero-order valence-electron chi connectivity index (χ0n) is 16.4. The highest BCUT2D eigenvalue weighted by Gasteiger charge is 2.19. The van der Waals surface area contributed by atoms with Crippen molar-refractivity contribution in [2.75, 3.05) is 51.3 Å². The Morgan fingerprint density at radius 1 is 1.18 bits per heavy atom. The lowest BCUT2D eigenvalue weighted by atomic mass is 10.1. The number of aromatic nitrogens is 1. The van der Waals surface area contributed by atoms with Crippen LogP contribution < -0.4 is 15.0 Å². The number of nitrogens with zero attached hydrogens (tertiary/aromatic N) is 3. The van der Waals surface area contributed by atoms with E-state index < -0.39 is 0 Å². The summed E-state index contributed by atoms with van der Waals surface area (Å²) in [6.07, 6.45) is 4.99. The van der Waals surface area contributed by atoms with E-state index in [4.69, 9.17) is 9.72 Å². The molecule has 2 saturated heterocycles. The predicted octanol–water partition coefficient (Wildman–Crippen LogP) is 3.24. The van der Waals surface area contributed by atoms with Crippen LogP contribution in [0.5, 0.6) is 5.75 Å². The highest BCUT2D eigenvalue weighted by Crippen LogP contribution is 2.35. The highest BCUT2D eigenvalue weighted by atomic mass is 32.1. The second kappa shape index (κ2) is 8.92. The molecule has 0 atom stereocenters. The van der Waals surface area contributed by atoms with E-state index in [1.807, 2.05) is 18.2 Å². The van der Waals surface area contributed by atoms with Crippen LogP contribution in [0.15, 0.2) is 23.6 Å².